The molecule has 0 saturated heterocycles. The van der Waals surface area contributed by atoms with Crippen LogP contribution in [0.5, 0.6) is 11.5 Å². The van der Waals surface area contributed by atoms with Gasteiger partial charge in [0.15, 0.2) is 0 Å². The summed E-state index contributed by atoms with van der Waals surface area (Å²) >= 11 is 0. The van der Waals surface area contributed by atoms with Gasteiger partial charge in [0.25, 0.3) is 5.91 Å². The number of hydrogen-bond donors (Lipinski definition) is 2. The number of carbonyl (C=O) groups is 2. The number of benzene rings is 3. The number of amides is 1. The quantitative estimate of drug-likeness (QED) is 0.182. The Morgan fingerprint density at radius 3 is 2.15 bits per heavy atom. The van der Waals surface area contributed by atoms with E-state index in [1.165, 1.54) is 17.7 Å². The van der Waals surface area contributed by atoms with Crippen molar-refractivity contribution in [1.82, 2.24) is 10.3 Å². The van der Waals surface area contributed by atoms with Crippen LogP contribution in [0.25, 0.3) is 10.8 Å². The Labute approximate surface area is 267 Å². The monoisotopic (exact) mass is 632 g/mol. The molecule has 9 heteroatoms. The van der Waals surface area contributed by atoms with Crippen LogP contribution in [0.3, 0.4) is 0 Å². The number of pyridine rings is 1. The van der Waals surface area contributed by atoms with Crippen LogP contribution < -0.4 is 10.1 Å². The molecule has 1 atom stereocenters. The second kappa shape index (κ2) is 13.5. The number of aliphatic carboxylic acids is 1. The molecule has 1 aliphatic carbocycles. The zero-order valence-electron chi connectivity index (χ0n) is 26.3. The predicted octanol–water partition coefficient (Wildman–Crippen LogP) is 9.41. The molecule has 2 N–H and O–H groups in total. The lowest BCUT2D eigenvalue weighted by Crippen LogP contribution is -2.30. The summed E-state index contributed by atoms with van der Waals surface area (Å²) < 4.78 is 45.6. The number of halogens is 3. The molecule has 0 bridgehead atoms. The van der Waals surface area contributed by atoms with Crippen molar-refractivity contribution < 1.29 is 32.6 Å². The number of nitrogens with one attached hydrogen (secondary N) is 1. The lowest BCUT2D eigenvalue weighted by Gasteiger charge is -2.20. The highest BCUT2D eigenvalue weighted by Crippen LogP contribution is 2.34. The highest BCUT2D eigenvalue weighted by Gasteiger charge is 2.30. The summed E-state index contributed by atoms with van der Waals surface area (Å²) in [5, 5.41) is 13.8. The number of fused-ring (bicyclic) bond motifs is 1. The Hall–Kier alpha value is -4.40. The van der Waals surface area contributed by atoms with Crippen molar-refractivity contribution in [2.24, 2.45) is 5.92 Å². The molecule has 1 unspecified atom stereocenters. The van der Waals surface area contributed by atoms with Gasteiger partial charge >= 0.3 is 12.1 Å². The number of carboxylic acid groups (broad SMARTS) is 1. The van der Waals surface area contributed by atoms with Crippen LogP contribution in [0, 0.1) is 5.92 Å². The van der Waals surface area contributed by atoms with Crippen molar-refractivity contribution >= 4 is 22.6 Å². The van der Waals surface area contributed by atoms with Gasteiger partial charge < -0.3 is 15.2 Å². The van der Waals surface area contributed by atoms with Gasteiger partial charge in [0, 0.05) is 17.5 Å². The van der Waals surface area contributed by atoms with Gasteiger partial charge in [0.2, 0.25) is 0 Å². The van der Waals surface area contributed by atoms with Gasteiger partial charge in [-0.2, -0.15) is 13.2 Å². The number of rotatable bonds is 10. The molecular weight excluding hydrogens is 593 g/mol. The third kappa shape index (κ3) is 8.24. The van der Waals surface area contributed by atoms with Gasteiger partial charge in [-0.25, -0.2) is 4.98 Å². The van der Waals surface area contributed by atoms with Crippen molar-refractivity contribution in [3.8, 4) is 11.5 Å². The Bertz CT molecular complexity index is 1690. The minimum absolute atomic E-state index is 0.00633. The van der Waals surface area contributed by atoms with Crippen LogP contribution in [0.2, 0.25) is 0 Å². The molecular formula is C37H39F3N2O4. The van der Waals surface area contributed by atoms with E-state index in [2.05, 4.69) is 38.2 Å². The fourth-order valence-corrected chi connectivity index (χ4v) is 6.01. The van der Waals surface area contributed by atoms with Gasteiger partial charge in [-0.15, -0.1) is 0 Å². The number of ether oxygens (including phenoxy) is 1. The molecule has 5 rings (SSSR count). The molecule has 0 aliphatic heterocycles. The normalized spacial score (nSPS) is 14.7. The van der Waals surface area contributed by atoms with Crippen LogP contribution in [0.4, 0.5) is 13.2 Å². The number of hydrogen-bond acceptors (Lipinski definition) is 4. The van der Waals surface area contributed by atoms with Crippen molar-refractivity contribution in [3.05, 3.63) is 101 Å². The number of aromatic nitrogens is 1. The Morgan fingerprint density at radius 1 is 0.913 bits per heavy atom. The van der Waals surface area contributed by atoms with E-state index in [0.717, 1.165) is 54.3 Å². The largest absolute Gasteiger partial charge is 0.481 e. The van der Waals surface area contributed by atoms with Gasteiger partial charge in [-0.05, 0) is 83.2 Å². The Morgan fingerprint density at radius 2 is 1.54 bits per heavy atom. The lowest BCUT2D eigenvalue weighted by molar-refractivity contribution is -0.138. The van der Waals surface area contributed by atoms with E-state index in [-0.39, 0.29) is 24.0 Å². The first-order valence-corrected chi connectivity index (χ1v) is 15.7. The van der Waals surface area contributed by atoms with Gasteiger partial charge in [-0.3, -0.25) is 9.59 Å². The van der Waals surface area contributed by atoms with E-state index in [4.69, 9.17) is 9.72 Å². The summed E-state index contributed by atoms with van der Waals surface area (Å²) in [6.45, 7) is 6.47. The zero-order valence-corrected chi connectivity index (χ0v) is 26.3. The fraction of sp³-hybridized carbons (Fsp3) is 0.378. The maximum absolute atomic E-state index is 13.6. The van der Waals surface area contributed by atoms with E-state index < -0.39 is 29.7 Å². The molecule has 1 fully saturated rings. The molecule has 1 heterocycles. The Kier molecular flexibility index (Phi) is 9.70. The van der Waals surface area contributed by atoms with Crippen LogP contribution in [-0.4, -0.2) is 22.0 Å². The van der Waals surface area contributed by atoms with Gasteiger partial charge in [0.1, 0.15) is 17.2 Å². The smallest absolute Gasteiger partial charge is 0.416 e. The predicted molar refractivity (Wildman–Crippen MR) is 171 cm³/mol. The third-order valence-electron chi connectivity index (χ3n) is 8.62. The average molecular weight is 633 g/mol. The molecule has 3 aromatic carbocycles. The second-order valence-corrected chi connectivity index (χ2v) is 13.1. The molecule has 1 aromatic heterocycles. The molecule has 0 radical (unpaired) electrons. The second-order valence-electron chi connectivity index (χ2n) is 13.1. The first-order chi connectivity index (χ1) is 21.8. The van der Waals surface area contributed by atoms with E-state index in [9.17, 15) is 27.9 Å². The summed E-state index contributed by atoms with van der Waals surface area (Å²) in [4.78, 5) is 29.8. The molecule has 1 saturated carbocycles. The van der Waals surface area contributed by atoms with E-state index in [1.54, 1.807) is 6.07 Å². The van der Waals surface area contributed by atoms with Gasteiger partial charge in [-0.1, -0.05) is 76.8 Å². The van der Waals surface area contributed by atoms with Crippen LogP contribution in [0.15, 0.2) is 72.8 Å². The SMILES string of the molecule is CC(C)(C)c1ccc(Oc2ccc3cc(C(=O)NC(CCC(=O)O)c4ccc(C(F)(F)F)cc4)nc(CC4CCCC4)c3c2)cc1. The topological polar surface area (TPSA) is 88.5 Å². The number of carbonyl (C=O) groups excluding carboxylic acids is 1. The maximum Gasteiger partial charge on any atom is 0.416 e. The highest BCUT2D eigenvalue weighted by molar-refractivity contribution is 5.97. The minimum atomic E-state index is -4.51. The van der Waals surface area contributed by atoms with Crippen molar-refractivity contribution in [1.29, 1.82) is 0 Å². The third-order valence-corrected chi connectivity index (χ3v) is 8.62. The summed E-state index contributed by atoms with van der Waals surface area (Å²) in [6, 6.07) is 19.0. The van der Waals surface area contributed by atoms with Crippen LogP contribution in [0.1, 0.15) is 98.2 Å². The summed E-state index contributed by atoms with van der Waals surface area (Å²) in [5.74, 6) is 0.211. The first-order valence-electron chi connectivity index (χ1n) is 15.7. The average Bonchev–Trinajstić information content (AvgIpc) is 3.52. The van der Waals surface area contributed by atoms with Crippen molar-refractivity contribution in [3.63, 3.8) is 0 Å². The summed E-state index contributed by atoms with van der Waals surface area (Å²) in [5.41, 5.74) is 1.74. The van der Waals surface area contributed by atoms with Crippen LogP contribution in [-0.2, 0) is 22.8 Å². The number of alkyl halides is 3. The Balaban J connectivity index is 1.44. The molecule has 4 aromatic rings. The molecule has 242 valence electrons. The van der Waals surface area contributed by atoms with E-state index in [0.29, 0.717) is 29.4 Å². The standard InChI is InChI=1S/C37H39F3N2O4/c1-36(2,3)26-13-16-28(17-14-26)46-29-15-10-25-21-33(41-32(30(25)22-29)20-23-6-4-5-7-23)35(45)42-31(18-19-34(43)44)24-8-11-27(12-9-24)37(38,39)40/h8-17,21-23,31H,4-7,18-20H2,1-3H3,(H,42,45)(H,43,44). The molecule has 1 amide bonds. The van der Waals surface area contributed by atoms with Gasteiger partial charge in [0.05, 0.1) is 11.6 Å². The maximum atomic E-state index is 13.6. The molecule has 46 heavy (non-hydrogen) atoms. The van der Waals surface area contributed by atoms with E-state index >= 15 is 0 Å². The number of nitrogens with zero attached hydrogens (tertiary/aromatic N) is 1. The van der Waals surface area contributed by atoms with Crippen molar-refractivity contribution in [2.75, 3.05) is 0 Å². The van der Waals surface area contributed by atoms with E-state index in [1.807, 2.05) is 30.3 Å². The number of carboxylic acids is 1. The fourth-order valence-electron chi connectivity index (χ4n) is 6.01. The zero-order chi connectivity index (χ0) is 33.1. The summed E-state index contributed by atoms with van der Waals surface area (Å²) in [6.07, 6.45) is 0.397. The molecule has 1 aliphatic rings. The minimum Gasteiger partial charge on any atom is -0.481 e. The van der Waals surface area contributed by atoms with Crippen molar-refractivity contribution in [2.45, 2.75) is 83.4 Å². The van der Waals surface area contributed by atoms with Crippen LogP contribution >= 0.6 is 0 Å². The molecule has 6 nitrogen and oxygen atoms in total. The lowest BCUT2D eigenvalue weighted by atomic mass is 9.87. The highest BCUT2D eigenvalue weighted by atomic mass is 19.4. The first kappa shape index (κ1) is 33.0. The molecule has 0 spiro atoms. The summed E-state index contributed by atoms with van der Waals surface area (Å²) in [7, 11) is 0.